The van der Waals surface area contributed by atoms with E-state index >= 15 is 0 Å². The van der Waals surface area contributed by atoms with E-state index < -0.39 is 0 Å². The molecule has 0 bridgehead atoms. The molecule has 0 aromatic heterocycles. The summed E-state index contributed by atoms with van der Waals surface area (Å²) in [4.78, 5) is 2.14. The normalized spacial score (nSPS) is 15.7. The lowest BCUT2D eigenvalue weighted by Crippen LogP contribution is -2.30. The van der Waals surface area contributed by atoms with Gasteiger partial charge >= 0.3 is 0 Å². The monoisotopic (exact) mass is 251 g/mol. The molecule has 98 valence electrons. The van der Waals surface area contributed by atoms with Crippen LogP contribution in [0.2, 0.25) is 0 Å². The molecule has 1 aliphatic rings. The Bertz CT molecular complexity index is 445. The van der Waals surface area contributed by atoms with Gasteiger partial charge in [0.05, 0.1) is 13.2 Å². The molecule has 4 heteroatoms. The van der Waals surface area contributed by atoms with E-state index in [0.717, 1.165) is 25.2 Å². The van der Waals surface area contributed by atoms with Gasteiger partial charge in [-0.2, -0.15) is 0 Å². The lowest BCUT2D eigenvalue weighted by molar-refractivity contribution is 0.222. The number of methoxy groups -OCH3 is 1. The Morgan fingerprint density at radius 1 is 1.44 bits per heavy atom. The van der Waals surface area contributed by atoms with Gasteiger partial charge in [0.2, 0.25) is 0 Å². The van der Waals surface area contributed by atoms with E-state index in [1.807, 2.05) is 0 Å². The largest absolute Gasteiger partial charge is 0.392 e. The summed E-state index contributed by atoms with van der Waals surface area (Å²) in [6.45, 7) is 2.17. The van der Waals surface area contributed by atoms with Crippen molar-refractivity contribution in [3.8, 4) is 0 Å². The van der Waals surface area contributed by atoms with Crippen LogP contribution in [-0.2, 0) is 11.3 Å². The van der Waals surface area contributed by atoms with Crippen molar-refractivity contribution in [3.05, 3.63) is 41.2 Å². The molecule has 1 N–H and O–H groups in total. The number of halogens is 1. The van der Waals surface area contributed by atoms with Gasteiger partial charge in [0, 0.05) is 31.5 Å². The minimum absolute atomic E-state index is 0.141. The van der Waals surface area contributed by atoms with Gasteiger partial charge in [-0.1, -0.05) is 6.08 Å². The molecule has 0 saturated carbocycles. The molecule has 0 radical (unpaired) electrons. The quantitative estimate of drug-likeness (QED) is 0.832. The zero-order valence-corrected chi connectivity index (χ0v) is 10.5. The summed E-state index contributed by atoms with van der Waals surface area (Å²) in [5.41, 5.74) is 2.84. The average Bonchev–Trinajstić information content (AvgIpc) is 2.40. The maximum Gasteiger partial charge on any atom is 0.123 e. The third-order valence-electron chi connectivity index (χ3n) is 3.19. The standard InChI is InChI=1S/C14H18FNO2/c1-18-10-11-4-6-16(7-5-11)14-3-2-13(15)8-12(14)9-17/h2-4,8,17H,5-7,9-10H2,1H3. The molecular weight excluding hydrogens is 233 g/mol. The molecule has 0 aliphatic carbocycles. The molecule has 0 amide bonds. The number of benzene rings is 1. The van der Waals surface area contributed by atoms with Gasteiger partial charge in [-0.05, 0) is 30.2 Å². The Balaban J connectivity index is 2.14. The van der Waals surface area contributed by atoms with E-state index in [-0.39, 0.29) is 12.4 Å². The number of aliphatic hydroxyl groups is 1. The first-order valence-corrected chi connectivity index (χ1v) is 6.05. The molecule has 0 atom stereocenters. The summed E-state index contributed by atoms with van der Waals surface area (Å²) in [5, 5.41) is 9.28. The second-order valence-electron chi connectivity index (χ2n) is 4.42. The Labute approximate surface area is 106 Å². The van der Waals surface area contributed by atoms with Crippen LogP contribution in [0.4, 0.5) is 10.1 Å². The van der Waals surface area contributed by atoms with E-state index in [2.05, 4.69) is 11.0 Å². The highest BCUT2D eigenvalue weighted by Gasteiger charge is 2.15. The Kier molecular flexibility index (Phi) is 4.33. The molecule has 0 saturated heterocycles. The van der Waals surface area contributed by atoms with Crippen LogP contribution >= 0.6 is 0 Å². The molecule has 2 rings (SSSR count). The summed E-state index contributed by atoms with van der Waals surface area (Å²) in [5.74, 6) is -0.310. The SMILES string of the molecule is COCC1=CCN(c2ccc(F)cc2CO)CC1. The molecule has 1 heterocycles. The molecule has 1 aromatic carbocycles. The third-order valence-corrected chi connectivity index (χ3v) is 3.19. The van der Waals surface area contributed by atoms with Crippen molar-refractivity contribution < 1.29 is 14.2 Å². The Hall–Kier alpha value is -1.39. The molecule has 0 spiro atoms. The summed E-state index contributed by atoms with van der Waals surface area (Å²) in [7, 11) is 1.69. The van der Waals surface area contributed by atoms with Crippen LogP contribution in [0.5, 0.6) is 0 Å². The van der Waals surface area contributed by atoms with Gasteiger partial charge in [-0.25, -0.2) is 4.39 Å². The van der Waals surface area contributed by atoms with Gasteiger partial charge in [0.1, 0.15) is 5.82 Å². The highest BCUT2D eigenvalue weighted by Crippen LogP contribution is 2.25. The summed E-state index contributed by atoms with van der Waals surface area (Å²) >= 11 is 0. The minimum Gasteiger partial charge on any atom is -0.392 e. The highest BCUT2D eigenvalue weighted by molar-refractivity contribution is 5.55. The number of rotatable bonds is 4. The van der Waals surface area contributed by atoms with E-state index in [1.165, 1.54) is 17.7 Å². The summed E-state index contributed by atoms with van der Waals surface area (Å²) in [6, 6.07) is 4.56. The van der Waals surface area contributed by atoms with E-state index in [1.54, 1.807) is 13.2 Å². The average molecular weight is 251 g/mol. The molecule has 1 aliphatic heterocycles. The predicted octanol–water partition coefficient (Wildman–Crippen LogP) is 2.10. The lowest BCUT2D eigenvalue weighted by atomic mass is 10.1. The number of nitrogens with zero attached hydrogens (tertiary/aromatic N) is 1. The zero-order valence-electron chi connectivity index (χ0n) is 10.5. The van der Waals surface area contributed by atoms with Crippen LogP contribution in [0, 0.1) is 5.82 Å². The topological polar surface area (TPSA) is 32.7 Å². The van der Waals surface area contributed by atoms with E-state index in [0.29, 0.717) is 12.2 Å². The van der Waals surface area contributed by atoms with Crippen LogP contribution in [0.3, 0.4) is 0 Å². The van der Waals surface area contributed by atoms with Crippen LogP contribution < -0.4 is 4.90 Å². The maximum absolute atomic E-state index is 13.1. The van der Waals surface area contributed by atoms with Crippen molar-refractivity contribution >= 4 is 5.69 Å². The second kappa shape index (κ2) is 5.98. The third kappa shape index (κ3) is 2.89. The first-order valence-electron chi connectivity index (χ1n) is 6.05. The molecule has 1 aromatic rings. The van der Waals surface area contributed by atoms with Gasteiger partial charge in [0.25, 0.3) is 0 Å². The molecular formula is C14H18FNO2. The van der Waals surface area contributed by atoms with Gasteiger partial charge in [0.15, 0.2) is 0 Å². The molecule has 3 nitrogen and oxygen atoms in total. The maximum atomic E-state index is 13.1. The lowest BCUT2D eigenvalue weighted by Gasteiger charge is -2.29. The van der Waals surface area contributed by atoms with Crippen molar-refractivity contribution in [2.24, 2.45) is 0 Å². The van der Waals surface area contributed by atoms with Crippen LogP contribution in [0.1, 0.15) is 12.0 Å². The van der Waals surface area contributed by atoms with Crippen molar-refractivity contribution in [2.45, 2.75) is 13.0 Å². The first kappa shape index (κ1) is 13.1. The van der Waals surface area contributed by atoms with Crippen molar-refractivity contribution in [1.29, 1.82) is 0 Å². The molecule has 0 unspecified atom stereocenters. The zero-order chi connectivity index (χ0) is 13.0. The first-order chi connectivity index (χ1) is 8.74. The highest BCUT2D eigenvalue weighted by atomic mass is 19.1. The predicted molar refractivity (Wildman–Crippen MR) is 69.1 cm³/mol. The smallest absolute Gasteiger partial charge is 0.123 e. The fraction of sp³-hybridized carbons (Fsp3) is 0.429. The number of hydrogen-bond donors (Lipinski definition) is 1. The number of aliphatic hydroxyl groups excluding tert-OH is 1. The number of ether oxygens (including phenoxy) is 1. The second-order valence-corrected chi connectivity index (χ2v) is 4.42. The Morgan fingerprint density at radius 3 is 2.89 bits per heavy atom. The van der Waals surface area contributed by atoms with Crippen molar-refractivity contribution in [3.63, 3.8) is 0 Å². The summed E-state index contributed by atoms with van der Waals surface area (Å²) < 4.78 is 18.2. The van der Waals surface area contributed by atoms with E-state index in [9.17, 15) is 9.50 Å². The van der Waals surface area contributed by atoms with Gasteiger partial charge in [-0.15, -0.1) is 0 Å². The fourth-order valence-corrected chi connectivity index (χ4v) is 2.24. The molecule has 18 heavy (non-hydrogen) atoms. The summed E-state index contributed by atoms with van der Waals surface area (Å²) in [6.07, 6.45) is 3.08. The number of hydrogen-bond acceptors (Lipinski definition) is 3. The van der Waals surface area contributed by atoms with Crippen LogP contribution in [-0.4, -0.2) is 31.9 Å². The van der Waals surface area contributed by atoms with Crippen molar-refractivity contribution in [2.75, 3.05) is 31.7 Å². The van der Waals surface area contributed by atoms with Gasteiger partial charge < -0.3 is 14.7 Å². The Morgan fingerprint density at radius 2 is 2.28 bits per heavy atom. The van der Waals surface area contributed by atoms with Crippen LogP contribution in [0.15, 0.2) is 29.8 Å². The van der Waals surface area contributed by atoms with Crippen LogP contribution in [0.25, 0.3) is 0 Å². The number of anilines is 1. The van der Waals surface area contributed by atoms with Gasteiger partial charge in [-0.3, -0.25) is 0 Å². The fourth-order valence-electron chi connectivity index (χ4n) is 2.24. The van der Waals surface area contributed by atoms with Crippen molar-refractivity contribution in [1.82, 2.24) is 0 Å². The molecule has 0 fully saturated rings. The van der Waals surface area contributed by atoms with E-state index in [4.69, 9.17) is 4.74 Å². The minimum atomic E-state index is -0.310.